The van der Waals surface area contributed by atoms with Crippen LogP contribution < -0.4 is 4.80 Å². The number of hydrogen-bond acceptors (Lipinski definition) is 2. The van der Waals surface area contributed by atoms with E-state index in [-0.39, 0.29) is 7.43 Å². The van der Waals surface area contributed by atoms with Gasteiger partial charge in [0.15, 0.2) is 5.69 Å². The van der Waals surface area contributed by atoms with Gasteiger partial charge in [-0.2, -0.15) is 0 Å². The SMILES string of the molecule is C.Clc1ccc(-c2nn(-c3ccccc3)[n+](-c3ccccc3)n2)cc1. The Kier molecular flexibility index (Phi) is 4.91. The maximum Gasteiger partial charge on any atom is 0.340 e. The molecule has 0 saturated heterocycles. The lowest BCUT2D eigenvalue weighted by atomic mass is 10.2. The van der Waals surface area contributed by atoms with Crippen molar-refractivity contribution in [2.24, 2.45) is 0 Å². The van der Waals surface area contributed by atoms with Crippen LogP contribution in [-0.4, -0.2) is 15.0 Å². The van der Waals surface area contributed by atoms with Gasteiger partial charge in [0, 0.05) is 9.82 Å². The molecular weight excluding hydrogens is 332 g/mol. The molecule has 0 bridgehead atoms. The molecule has 1 aromatic heterocycles. The molecule has 0 spiro atoms. The summed E-state index contributed by atoms with van der Waals surface area (Å²) in [7, 11) is 0. The molecule has 0 atom stereocenters. The van der Waals surface area contributed by atoms with Gasteiger partial charge in [0.2, 0.25) is 0 Å². The largest absolute Gasteiger partial charge is 0.340 e. The fourth-order valence-corrected chi connectivity index (χ4v) is 2.58. The van der Waals surface area contributed by atoms with E-state index in [1.54, 1.807) is 9.59 Å². The first-order chi connectivity index (χ1) is 11.8. The molecule has 0 saturated carbocycles. The van der Waals surface area contributed by atoms with Gasteiger partial charge in [0.05, 0.1) is 10.7 Å². The van der Waals surface area contributed by atoms with Crippen molar-refractivity contribution in [3.8, 4) is 22.8 Å². The Morgan fingerprint density at radius 3 is 2.00 bits per heavy atom. The molecule has 25 heavy (non-hydrogen) atoms. The molecule has 0 radical (unpaired) electrons. The summed E-state index contributed by atoms with van der Waals surface area (Å²) in [6.45, 7) is 0. The Balaban J connectivity index is 0.00000182. The van der Waals surface area contributed by atoms with Gasteiger partial charge in [-0.15, -0.1) is 0 Å². The number of rotatable bonds is 3. The summed E-state index contributed by atoms with van der Waals surface area (Å²) < 4.78 is 0. The van der Waals surface area contributed by atoms with Crippen LogP contribution in [0.3, 0.4) is 0 Å². The van der Waals surface area contributed by atoms with Crippen LogP contribution in [0.15, 0.2) is 84.9 Å². The van der Waals surface area contributed by atoms with E-state index >= 15 is 0 Å². The smallest absolute Gasteiger partial charge is 0.0843 e. The summed E-state index contributed by atoms with van der Waals surface area (Å²) in [5.74, 6) is 0.638. The fourth-order valence-electron chi connectivity index (χ4n) is 2.46. The maximum atomic E-state index is 5.98. The Labute approximate surface area is 151 Å². The molecule has 3 aromatic carbocycles. The van der Waals surface area contributed by atoms with Gasteiger partial charge < -0.3 is 0 Å². The highest BCUT2D eigenvalue weighted by Crippen LogP contribution is 2.18. The zero-order valence-corrected chi connectivity index (χ0v) is 13.5. The van der Waals surface area contributed by atoms with Crippen LogP contribution >= 0.6 is 11.6 Å². The molecule has 0 aliphatic heterocycles. The summed E-state index contributed by atoms with van der Waals surface area (Å²) in [4.78, 5) is 3.58. The van der Waals surface area contributed by atoms with Crippen LogP contribution in [0.2, 0.25) is 5.02 Å². The van der Waals surface area contributed by atoms with Crippen molar-refractivity contribution in [1.29, 1.82) is 0 Å². The number of hydrogen-bond donors (Lipinski definition) is 0. The predicted molar refractivity (Wildman–Crippen MR) is 100 cm³/mol. The van der Waals surface area contributed by atoms with Gasteiger partial charge in [-0.3, -0.25) is 0 Å². The molecule has 0 unspecified atom stereocenters. The van der Waals surface area contributed by atoms with Crippen molar-refractivity contribution >= 4 is 11.6 Å². The highest BCUT2D eigenvalue weighted by atomic mass is 35.5. The number of benzene rings is 3. The molecule has 4 nitrogen and oxygen atoms in total. The normalized spacial score (nSPS) is 10.3. The van der Waals surface area contributed by atoms with Gasteiger partial charge in [0.1, 0.15) is 5.69 Å². The fraction of sp³-hybridized carbons (Fsp3) is 0.0500. The van der Waals surface area contributed by atoms with Crippen LogP contribution in [0, 0.1) is 0 Å². The molecule has 4 aromatic rings. The van der Waals surface area contributed by atoms with E-state index in [9.17, 15) is 0 Å². The van der Waals surface area contributed by atoms with Crippen LogP contribution in [-0.2, 0) is 0 Å². The molecule has 5 heteroatoms. The summed E-state index contributed by atoms with van der Waals surface area (Å²) >= 11 is 5.98. The second-order valence-corrected chi connectivity index (χ2v) is 5.72. The summed E-state index contributed by atoms with van der Waals surface area (Å²) in [5, 5.41) is 10.1. The number of tetrazole rings is 1. The second kappa shape index (κ2) is 7.28. The number of halogens is 1. The number of nitrogens with zero attached hydrogens (tertiary/aromatic N) is 4. The van der Waals surface area contributed by atoms with Gasteiger partial charge in [0.25, 0.3) is 0 Å². The lowest BCUT2D eigenvalue weighted by Crippen LogP contribution is -2.43. The molecule has 0 N–H and O–H groups in total. The molecule has 1 heterocycles. The average molecular weight is 350 g/mol. The number of aromatic nitrogens is 4. The third kappa shape index (κ3) is 3.44. The Hall–Kier alpha value is -2.98. The highest BCUT2D eigenvalue weighted by Gasteiger charge is 2.22. The highest BCUT2D eigenvalue weighted by molar-refractivity contribution is 6.30. The Morgan fingerprint density at radius 1 is 0.760 bits per heavy atom. The molecule has 4 rings (SSSR count). The summed E-state index contributed by atoms with van der Waals surface area (Å²) in [6.07, 6.45) is 0. The molecule has 0 aliphatic carbocycles. The molecule has 0 amide bonds. The van der Waals surface area contributed by atoms with E-state index in [4.69, 9.17) is 11.6 Å². The quantitative estimate of drug-likeness (QED) is 0.510. The van der Waals surface area contributed by atoms with Gasteiger partial charge in [-0.25, -0.2) is 0 Å². The van der Waals surface area contributed by atoms with Gasteiger partial charge >= 0.3 is 5.82 Å². The van der Waals surface area contributed by atoms with E-state index in [1.165, 1.54) is 0 Å². The van der Waals surface area contributed by atoms with E-state index in [0.29, 0.717) is 10.8 Å². The van der Waals surface area contributed by atoms with Crippen LogP contribution in [0.5, 0.6) is 0 Å². The molecule has 0 fully saturated rings. The van der Waals surface area contributed by atoms with Crippen molar-refractivity contribution in [2.45, 2.75) is 7.43 Å². The molecule has 124 valence electrons. The van der Waals surface area contributed by atoms with Gasteiger partial charge in [-0.1, -0.05) is 55.4 Å². The van der Waals surface area contributed by atoms with Crippen molar-refractivity contribution < 1.29 is 4.80 Å². The van der Waals surface area contributed by atoms with E-state index in [1.807, 2.05) is 84.9 Å². The lowest BCUT2D eigenvalue weighted by molar-refractivity contribution is -0.734. The Morgan fingerprint density at radius 2 is 1.36 bits per heavy atom. The minimum Gasteiger partial charge on any atom is -0.0843 e. The second-order valence-electron chi connectivity index (χ2n) is 5.28. The van der Waals surface area contributed by atoms with Crippen LogP contribution in [0.25, 0.3) is 22.8 Å². The topological polar surface area (TPSA) is 34.6 Å². The van der Waals surface area contributed by atoms with E-state index < -0.39 is 0 Å². The summed E-state index contributed by atoms with van der Waals surface area (Å²) in [6, 6.07) is 27.4. The van der Waals surface area contributed by atoms with Crippen molar-refractivity contribution in [1.82, 2.24) is 15.0 Å². The summed E-state index contributed by atoms with van der Waals surface area (Å²) in [5.41, 5.74) is 2.79. The number of para-hydroxylation sites is 2. The minimum atomic E-state index is 0. The maximum absolute atomic E-state index is 5.98. The lowest BCUT2D eigenvalue weighted by Gasteiger charge is -1.98. The van der Waals surface area contributed by atoms with E-state index in [0.717, 1.165) is 16.9 Å². The van der Waals surface area contributed by atoms with Crippen molar-refractivity contribution in [3.05, 3.63) is 90.0 Å². The zero-order chi connectivity index (χ0) is 16.4. The minimum absolute atomic E-state index is 0. The third-order valence-corrected chi connectivity index (χ3v) is 3.89. The monoisotopic (exact) mass is 349 g/mol. The predicted octanol–water partition coefficient (Wildman–Crippen LogP) is 4.50. The average Bonchev–Trinajstić information content (AvgIpc) is 3.09. The first-order valence-electron chi connectivity index (χ1n) is 7.58. The van der Waals surface area contributed by atoms with Gasteiger partial charge in [-0.05, 0) is 58.4 Å². The van der Waals surface area contributed by atoms with E-state index in [2.05, 4.69) is 10.2 Å². The third-order valence-electron chi connectivity index (χ3n) is 3.64. The zero-order valence-electron chi connectivity index (χ0n) is 12.7. The van der Waals surface area contributed by atoms with Crippen molar-refractivity contribution in [3.63, 3.8) is 0 Å². The first-order valence-corrected chi connectivity index (χ1v) is 7.95. The molecule has 0 aliphatic rings. The standard InChI is InChI=1S/C19H14ClN4.CH4/c20-16-13-11-15(12-14-16)19-21-23(17-7-3-1-4-8-17)24(22-19)18-9-5-2-6-10-18;/h1-14H;1H4/q+1;. The van der Waals surface area contributed by atoms with Crippen molar-refractivity contribution in [2.75, 3.05) is 0 Å². The van der Waals surface area contributed by atoms with Crippen LogP contribution in [0.1, 0.15) is 7.43 Å². The Bertz CT molecular complexity index is 891. The molecular formula is C20H18ClN4+. The van der Waals surface area contributed by atoms with Crippen LogP contribution in [0.4, 0.5) is 0 Å². The first kappa shape index (κ1) is 16.9.